The van der Waals surface area contributed by atoms with Crippen molar-refractivity contribution in [3.05, 3.63) is 0 Å². The summed E-state index contributed by atoms with van der Waals surface area (Å²) in [5.41, 5.74) is 10.4. The van der Waals surface area contributed by atoms with Gasteiger partial charge < -0.3 is 31.3 Å². The second-order valence-corrected chi connectivity index (χ2v) is 3.77. The molecule has 0 aliphatic rings. The predicted molar refractivity (Wildman–Crippen MR) is 55.3 cm³/mol. The van der Waals surface area contributed by atoms with Gasteiger partial charge in [0.15, 0.2) is 0 Å². The maximum absolute atomic E-state index is 10.1. The molecule has 8 N–H and O–H groups in total. The third kappa shape index (κ3) is 29.2. The Morgan fingerprint density at radius 3 is 1.88 bits per heavy atom. The number of halogens is 1. The van der Waals surface area contributed by atoms with Crippen molar-refractivity contribution in [3.63, 3.8) is 0 Å². The highest BCUT2D eigenvalue weighted by Crippen LogP contribution is 2.25. The second kappa shape index (κ2) is 10.9. The molecule has 0 heterocycles. The van der Waals surface area contributed by atoms with Gasteiger partial charge in [-0.3, -0.25) is 9.50 Å². The zero-order valence-electron chi connectivity index (χ0n) is 8.52. The van der Waals surface area contributed by atoms with Gasteiger partial charge in [0.05, 0.1) is 0 Å². The van der Waals surface area contributed by atoms with E-state index in [-0.39, 0.29) is 4.70 Å². The van der Waals surface area contributed by atoms with Crippen LogP contribution >= 0.6 is 7.82 Å². The van der Waals surface area contributed by atoms with Crippen LogP contribution in [0.1, 0.15) is 19.3 Å². The summed E-state index contributed by atoms with van der Waals surface area (Å²) in [4.78, 5) is 31.7. The van der Waals surface area contributed by atoms with E-state index in [1.807, 2.05) is 0 Å². The molecule has 0 amide bonds. The monoisotopic (exact) mass is 264 g/mol. The molecule has 0 fully saturated rings. The van der Waals surface area contributed by atoms with E-state index >= 15 is 0 Å². The molecule has 0 aliphatic heterocycles. The van der Waals surface area contributed by atoms with Crippen molar-refractivity contribution in [1.29, 1.82) is 0 Å². The molecule has 100 valence electrons. The van der Waals surface area contributed by atoms with Crippen molar-refractivity contribution in [2.75, 3.05) is 6.54 Å². The van der Waals surface area contributed by atoms with E-state index in [0.29, 0.717) is 13.0 Å². The Morgan fingerprint density at radius 2 is 1.62 bits per heavy atom. The van der Waals surface area contributed by atoms with Crippen LogP contribution in [-0.2, 0) is 9.36 Å². The average Bonchev–Trinajstić information content (AvgIpc) is 2.01. The minimum absolute atomic E-state index is 0. The summed E-state index contributed by atoms with van der Waals surface area (Å²) in [6.07, 6.45) is 2.16. The fourth-order valence-corrected chi connectivity index (χ4v) is 0.632. The summed E-state index contributed by atoms with van der Waals surface area (Å²) in [5, 5.41) is 8.33. The highest BCUT2D eigenvalue weighted by Gasteiger charge is 2.09. The SMILES string of the molecule is F.NCCCCC(N)C(=O)O.O=P(O)(O)O. The number of rotatable bonds is 5. The van der Waals surface area contributed by atoms with Gasteiger partial charge in [-0.1, -0.05) is 6.42 Å². The number of nitrogens with two attached hydrogens (primary N) is 2. The van der Waals surface area contributed by atoms with Gasteiger partial charge in [-0.15, -0.1) is 0 Å². The smallest absolute Gasteiger partial charge is 0.466 e. The molecular formula is C6H18FN2O6P. The van der Waals surface area contributed by atoms with Crippen molar-refractivity contribution in [1.82, 2.24) is 0 Å². The van der Waals surface area contributed by atoms with Crippen molar-refractivity contribution in [3.8, 4) is 0 Å². The van der Waals surface area contributed by atoms with Gasteiger partial charge in [0.1, 0.15) is 6.04 Å². The van der Waals surface area contributed by atoms with E-state index in [2.05, 4.69) is 0 Å². The van der Waals surface area contributed by atoms with Crippen LogP contribution in [0.2, 0.25) is 0 Å². The lowest BCUT2D eigenvalue weighted by molar-refractivity contribution is -0.138. The molecule has 16 heavy (non-hydrogen) atoms. The third-order valence-electron chi connectivity index (χ3n) is 1.29. The lowest BCUT2D eigenvalue weighted by Crippen LogP contribution is -2.29. The molecule has 0 aromatic carbocycles. The topological polar surface area (TPSA) is 167 Å². The Bertz CT molecular complexity index is 215. The van der Waals surface area contributed by atoms with Crippen molar-refractivity contribution in [2.45, 2.75) is 25.3 Å². The molecule has 0 aliphatic carbocycles. The molecule has 0 aromatic heterocycles. The maximum Gasteiger partial charge on any atom is 0.466 e. The second-order valence-electron chi connectivity index (χ2n) is 2.74. The summed E-state index contributed by atoms with van der Waals surface area (Å²) >= 11 is 0. The number of carbonyl (C=O) groups is 1. The highest BCUT2D eigenvalue weighted by molar-refractivity contribution is 7.45. The van der Waals surface area contributed by atoms with Crippen molar-refractivity contribution in [2.24, 2.45) is 11.5 Å². The molecular weight excluding hydrogens is 246 g/mol. The van der Waals surface area contributed by atoms with Gasteiger partial charge in [-0.05, 0) is 19.4 Å². The number of aliphatic carboxylic acids is 1. The number of phosphoric acid groups is 1. The van der Waals surface area contributed by atoms with Crippen LogP contribution in [0.25, 0.3) is 0 Å². The zero-order valence-corrected chi connectivity index (χ0v) is 9.42. The minimum atomic E-state index is -4.64. The molecule has 0 saturated heterocycles. The summed E-state index contributed by atoms with van der Waals surface area (Å²) in [6, 6.07) is -0.716. The minimum Gasteiger partial charge on any atom is -0.480 e. The number of hydrogen-bond acceptors (Lipinski definition) is 4. The Balaban J connectivity index is -0.000000242. The number of carboxylic acids is 1. The molecule has 0 bridgehead atoms. The van der Waals surface area contributed by atoms with Gasteiger partial charge in [0.25, 0.3) is 0 Å². The fraction of sp³-hybridized carbons (Fsp3) is 0.833. The predicted octanol–water partition coefficient (Wildman–Crippen LogP) is -1.25. The van der Waals surface area contributed by atoms with E-state index in [1.165, 1.54) is 0 Å². The molecule has 0 aromatic rings. The van der Waals surface area contributed by atoms with Gasteiger partial charge in [-0.2, -0.15) is 0 Å². The Labute approximate surface area is 91.9 Å². The summed E-state index contributed by atoms with van der Waals surface area (Å²) < 4.78 is 8.88. The van der Waals surface area contributed by atoms with E-state index in [0.717, 1.165) is 12.8 Å². The van der Waals surface area contributed by atoms with E-state index in [1.54, 1.807) is 0 Å². The van der Waals surface area contributed by atoms with Gasteiger partial charge in [0.2, 0.25) is 0 Å². The lowest BCUT2D eigenvalue weighted by Gasteiger charge is -2.03. The molecule has 0 radical (unpaired) electrons. The van der Waals surface area contributed by atoms with E-state index < -0.39 is 19.8 Å². The van der Waals surface area contributed by atoms with E-state index in [4.69, 9.17) is 35.8 Å². The third-order valence-corrected chi connectivity index (χ3v) is 1.29. The number of unbranched alkanes of at least 4 members (excludes halogenated alkanes) is 1. The van der Waals surface area contributed by atoms with Crippen LogP contribution in [0.4, 0.5) is 4.70 Å². The Morgan fingerprint density at radius 1 is 1.25 bits per heavy atom. The highest BCUT2D eigenvalue weighted by atomic mass is 31.2. The first-order valence-corrected chi connectivity index (χ1v) is 5.71. The maximum atomic E-state index is 10.1. The standard InChI is InChI=1S/C6H14N2O2.FH.H3O4P/c7-4-2-1-3-5(8)6(9)10;;1-5(2,3)4/h5H,1-4,7-8H2,(H,9,10);1H;(H3,1,2,3,4). The summed E-state index contributed by atoms with van der Waals surface area (Å²) in [7, 11) is -4.64. The lowest BCUT2D eigenvalue weighted by atomic mass is 10.1. The molecule has 0 spiro atoms. The summed E-state index contributed by atoms with van der Waals surface area (Å²) in [6.45, 7) is 0.604. The van der Waals surface area contributed by atoms with Crippen LogP contribution < -0.4 is 11.5 Å². The molecule has 10 heteroatoms. The van der Waals surface area contributed by atoms with Crippen LogP contribution in [0.15, 0.2) is 0 Å². The average molecular weight is 264 g/mol. The zero-order chi connectivity index (χ0) is 12.5. The number of carboxylic acid groups (broad SMARTS) is 1. The largest absolute Gasteiger partial charge is 0.480 e. The van der Waals surface area contributed by atoms with Crippen LogP contribution in [-0.4, -0.2) is 38.3 Å². The molecule has 0 rings (SSSR count). The first-order valence-electron chi connectivity index (χ1n) is 4.15. The first kappa shape index (κ1) is 20.8. The first-order chi connectivity index (χ1) is 6.68. The molecule has 1 unspecified atom stereocenters. The van der Waals surface area contributed by atoms with Crippen LogP contribution in [0.3, 0.4) is 0 Å². The molecule has 8 nitrogen and oxygen atoms in total. The Kier molecular flexibility index (Phi) is 14.2. The molecule has 1 atom stereocenters. The van der Waals surface area contributed by atoms with Crippen molar-refractivity contribution >= 4 is 13.8 Å². The van der Waals surface area contributed by atoms with Gasteiger partial charge >= 0.3 is 13.8 Å². The van der Waals surface area contributed by atoms with E-state index in [9.17, 15) is 4.79 Å². The van der Waals surface area contributed by atoms with Gasteiger partial charge in [-0.25, -0.2) is 4.57 Å². The van der Waals surface area contributed by atoms with Crippen LogP contribution in [0, 0.1) is 0 Å². The number of hydrogen-bond donors (Lipinski definition) is 6. The fourth-order valence-electron chi connectivity index (χ4n) is 0.632. The Hall–Kier alpha value is -0.570. The normalized spacial score (nSPS) is 11.8. The quantitative estimate of drug-likeness (QED) is 0.264. The summed E-state index contributed by atoms with van der Waals surface area (Å²) in [5.74, 6) is -0.933. The van der Waals surface area contributed by atoms with Gasteiger partial charge in [0, 0.05) is 0 Å². The van der Waals surface area contributed by atoms with Crippen LogP contribution in [0.5, 0.6) is 0 Å². The van der Waals surface area contributed by atoms with Crippen molar-refractivity contribution < 1.29 is 33.9 Å². The molecule has 0 saturated carbocycles.